The second kappa shape index (κ2) is 6.74. The van der Waals surface area contributed by atoms with Crippen LogP contribution in [0.3, 0.4) is 0 Å². The highest BCUT2D eigenvalue weighted by Gasteiger charge is 2.33. The third-order valence-corrected chi connectivity index (χ3v) is 2.67. The Balaban J connectivity index is 2.05. The number of hydrogen-bond donors (Lipinski definition) is 0. The lowest BCUT2D eigenvalue weighted by Crippen LogP contribution is -2.40. The minimum Gasteiger partial charge on any atom is -0.433 e. The molecule has 0 radical (unpaired) electrons. The predicted octanol–water partition coefficient (Wildman–Crippen LogP) is 2.76. The molecule has 1 aliphatic heterocycles. The van der Waals surface area contributed by atoms with Gasteiger partial charge in [0.2, 0.25) is 0 Å². The van der Waals surface area contributed by atoms with Crippen LogP contribution in [0.15, 0.2) is 0 Å². The quantitative estimate of drug-likeness (QED) is 0.498. The molecule has 0 atom stereocenters. The van der Waals surface area contributed by atoms with Gasteiger partial charge in [-0.3, -0.25) is 0 Å². The molecular formula is C12H22O4. The van der Waals surface area contributed by atoms with E-state index in [-0.39, 0.29) is 5.41 Å². The Morgan fingerprint density at radius 3 is 2.56 bits per heavy atom. The fourth-order valence-corrected chi connectivity index (χ4v) is 1.58. The number of cyclic esters (lactones) is 2. The normalized spacial score (nSPS) is 19.0. The number of ether oxygens (including phenoxy) is 3. The van der Waals surface area contributed by atoms with Gasteiger partial charge in [0.1, 0.15) is 13.2 Å². The van der Waals surface area contributed by atoms with Gasteiger partial charge < -0.3 is 14.2 Å². The smallest absolute Gasteiger partial charge is 0.433 e. The number of unbranched alkanes of at least 4 members (excludes halogenated alkanes) is 3. The maximum absolute atomic E-state index is 10.7. The Hall–Kier alpha value is -0.770. The third kappa shape index (κ3) is 4.84. The van der Waals surface area contributed by atoms with Crippen molar-refractivity contribution in [3.8, 4) is 0 Å². The van der Waals surface area contributed by atoms with Crippen molar-refractivity contribution in [1.82, 2.24) is 0 Å². The predicted molar refractivity (Wildman–Crippen MR) is 60.4 cm³/mol. The van der Waals surface area contributed by atoms with Gasteiger partial charge in [-0.25, -0.2) is 4.79 Å². The molecule has 0 amide bonds. The van der Waals surface area contributed by atoms with E-state index < -0.39 is 6.16 Å². The summed E-state index contributed by atoms with van der Waals surface area (Å²) in [6.45, 7) is 6.35. The minimum absolute atomic E-state index is 0.182. The number of hydrogen-bond acceptors (Lipinski definition) is 4. The lowest BCUT2D eigenvalue weighted by atomic mass is 9.94. The molecule has 0 bridgehead atoms. The maximum Gasteiger partial charge on any atom is 0.508 e. The maximum atomic E-state index is 10.7. The summed E-state index contributed by atoms with van der Waals surface area (Å²) in [5, 5.41) is 0. The average molecular weight is 230 g/mol. The highest BCUT2D eigenvalue weighted by molar-refractivity contribution is 5.60. The first kappa shape index (κ1) is 13.3. The fourth-order valence-electron chi connectivity index (χ4n) is 1.58. The van der Waals surface area contributed by atoms with Crippen LogP contribution in [0.25, 0.3) is 0 Å². The molecule has 1 saturated heterocycles. The first-order chi connectivity index (χ1) is 7.66. The molecule has 4 heteroatoms. The van der Waals surface area contributed by atoms with E-state index in [0.717, 1.165) is 13.0 Å². The average Bonchev–Trinajstić information content (AvgIpc) is 2.28. The van der Waals surface area contributed by atoms with Crippen molar-refractivity contribution in [3.05, 3.63) is 0 Å². The van der Waals surface area contributed by atoms with Gasteiger partial charge in [-0.15, -0.1) is 0 Å². The third-order valence-electron chi connectivity index (χ3n) is 2.67. The summed E-state index contributed by atoms with van der Waals surface area (Å²) in [6.07, 6.45) is 4.26. The summed E-state index contributed by atoms with van der Waals surface area (Å²) in [5.74, 6) is 0. The molecule has 4 nitrogen and oxygen atoms in total. The molecule has 16 heavy (non-hydrogen) atoms. The van der Waals surface area contributed by atoms with Crippen LogP contribution in [0.1, 0.15) is 39.5 Å². The lowest BCUT2D eigenvalue weighted by Gasteiger charge is -2.31. The SMILES string of the molecule is CCCCCCOCC1(C)COC(=O)OC1. The first-order valence-electron chi connectivity index (χ1n) is 6.03. The van der Waals surface area contributed by atoms with Gasteiger partial charge >= 0.3 is 6.16 Å². The van der Waals surface area contributed by atoms with Gasteiger partial charge in [-0.2, -0.15) is 0 Å². The summed E-state index contributed by atoms with van der Waals surface area (Å²) in [6, 6.07) is 0. The molecule has 0 aliphatic carbocycles. The van der Waals surface area contributed by atoms with E-state index in [1.165, 1.54) is 19.3 Å². The number of carbonyl (C=O) groups is 1. The van der Waals surface area contributed by atoms with Crippen molar-refractivity contribution >= 4 is 6.16 Å². The molecule has 0 N–H and O–H groups in total. The van der Waals surface area contributed by atoms with Crippen LogP contribution in [-0.4, -0.2) is 32.6 Å². The first-order valence-corrected chi connectivity index (χ1v) is 6.03. The lowest BCUT2D eigenvalue weighted by molar-refractivity contribution is -0.0852. The second-order valence-corrected chi connectivity index (χ2v) is 4.75. The molecule has 0 unspecified atom stereocenters. The standard InChI is InChI=1S/C12H22O4/c1-3-4-5-6-7-14-8-12(2)9-15-11(13)16-10-12/h3-10H2,1-2H3. The van der Waals surface area contributed by atoms with E-state index in [4.69, 9.17) is 14.2 Å². The highest BCUT2D eigenvalue weighted by atomic mass is 16.7. The van der Waals surface area contributed by atoms with Crippen LogP contribution >= 0.6 is 0 Å². The fraction of sp³-hybridized carbons (Fsp3) is 0.917. The van der Waals surface area contributed by atoms with E-state index in [0.29, 0.717) is 19.8 Å². The molecule has 1 aliphatic rings. The zero-order valence-electron chi connectivity index (χ0n) is 10.3. The summed E-state index contributed by atoms with van der Waals surface area (Å²) in [5.41, 5.74) is -0.182. The van der Waals surface area contributed by atoms with Crippen molar-refractivity contribution in [1.29, 1.82) is 0 Å². The summed E-state index contributed by atoms with van der Waals surface area (Å²) >= 11 is 0. The molecule has 94 valence electrons. The molecule has 1 fully saturated rings. The molecule has 0 aromatic heterocycles. The van der Waals surface area contributed by atoms with Crippen molar-refractivity contribution in [2.24, 2.45) is 5.41 Å². The van der Waals surface area contributed by atoms with Crippen LogP contribution in [0.5, 0.6) is 0 Å². The molecule has 0 spiro atoms. The van der Waals surface area contributed by atoms with Crippen molar-refractivity contribution in [2.75, 3.05) is 26.4 Å². The summed E-state index contributed by atoms with van der Waals surface area (Å²) in [7, 11) is 0. The van der Waals surface area contributed by atoms with Gasteiger partial charge in [-0.05, 0) is 6.42 Å². The van der Waals surface area contributed by atoms with Gasteiger partial charge in [0.15, 0.2) is 0 Å². The van der Waals surface area contributed by atoms with E-state index in [1.807, 2.05) is 6.92 Å². The van der Waals surface area contributed by atoms with Crippen LogP contribution < -0.4 is 0 Å². The highest BCUT2D eigenvalue weighted by Crippen LogP contribution is 2.22. The van der Waals surface area contributed by atoms with Crippen molar-refractivity contribution in [2.45, 2.75) is 39.5 Å². The Morgan fingerprint density at radius 2 is 1.94 bits per heavy atom. The van der Waals surface area contributed by atoms with Crippen LogP contribution in [0.4, 0.5) is 4.79 Å². The zero-order valence-corrected chi connectivity index (χ0v) is 10.3. The largest absolute Gasteiger partial charge is 0.508 e. The Morgan fingerprint density at radius 1 is 1.25 bits per heavy atom. The van der Waals surface area contributed by atoms with Gasteiger partial charge in [-0.1, -0.05) is 33.1 Å². The Kier molecular flexibility index (Phi) is 5.60. The van der Waals surface area contributed by atoms with E-state index in [1.54, 1.807) is 0 Å². The van der Waals surface area contributed by atoms with Gasteiger partial charge in [0, 0.05) is 6.61 Å². The molecule has 1 rings (SSSR count). The topological polar surface area (TPSA) is 44.8 Å². The summed E-state index contributed by atoms with van der Waals surface area (Å²) in [4.78, 5) is 10.7. The van der Waals surface area contributed by atoms with Crippen LogP contribution in [0, 0.1) is 5.41 Å². The van der Waals surface area contributed by atoms with Crippen LogP contribution in [0.2, 0.25) is 0 Å². The molecule has 0 aromatic carbocycles. The minimum atomic E-state index is -0.569. The number of rotatable bonds is 7. The van der Waals surface area contributed by atoms with Gasteiger partial charge in [0.25, 0.3) is 0 Å². The Bertz CT molecular complexity index is 205. The van der Waals surface area contributed by atoms with Crippen molar-refractivity contribution < 1.29 is 19.0 Å². The summed E-state index contributed by atoms with van der Waals surface area (Å²) < 4.78 is 15.3. The molecule has 1 heterocycles. The number of carbonyl (C=O) groups excluding carboxylic acids is 1. The van der Waals surface area contributed by atoms with E-state index >= 15 is 0 Å². The Labute approximate surface area is 97.2 Å². The van der Waals surface area contributed by atoms with Crippen molar-refractivity contribution in [3.63, 3.8) is 0 Å². The molecule has 0 saturated carbocycles. The monoisotopic (exact) mass is 230 g/mol. The molecular weight excluding hydrogens is 208 g/mol. The van der Waals surface area contributed by atoms with Gasteiger partial charge in [0.05, 0.1) is 12.0 Å². The second-order valence-electron chi connectivity index (χ2n) is 4.75. The van der Waals surface area contributed by atoms with E-state index in [9.17, 15) is 4.79 Å². The zero-order chi connectivity index (χ0) is 11.9. The van der Waals surface area contributed by atoms with E-state index in [2.05, 4.69) is 6.92 Å². The van der Waals surface area contributed by atoms with Crippen LogP contribution in [-0.2, 0) is 14.2 Å². The molecule has 0 aromatic rings.